The summed E-state index contributed by atoms with van der Waals surface area (Å²) in [5, 5.41) is 32.1. The third kappa shape index (κ3) is 3.99. The Morgan fingerprint density at radius 1 is 1.06 bits per heavy atom. The molecule has 0 saturated carbocycles. The maximum atomic E-state index is 11.6. The van der Waals surface area contributed by atoms with E-state index in [1.807, 2.05) is 30.3 Å². The van der Waals surface area contributed by atoms with Crippen LogP contribution in [0.4, 0.5) is 4.79 Å². The molecule has 1 rings (SSSR count). The number of hydrogen-bond donors (Lipinski definition) is 5. The van der Waals surface area contributed by atoms with Crippen LogP contribution in [-0.4, -0.2) is 46.7 Å². The van der Waals surface area contributed by atoms with Gasteiger partial charge in [0.2, 0.25) is 0 Å². The van der Waals surface area contributed by atoms with Gasteiger partial charge < -0.3 is 26.0 Å². The van der Waals surface area contributed by atoms with Crippen molar-refractivity contribution in [2.24, 2.45) is 0 Å². The highest BCUT2D eigenvalue weighted by Gasteiger charge is 2.29. The summed E-state index contributed by atoms with van der Waals surface area (Å²) in [5.74, 6) is 0. The molecule has 0 aliphatic rings. The van der Waals surface area contributed by atoms with E-state index >= 15 is 0 Å². The molecule has 0 heterocycles. The lowest BCUT2D eigenvalue weighted by Crippen LogP contribution is -2.59. The van der Waals surface area contributed by atoms with Crippen LogP contribution in [0.3, 0.4) is 0 Å². The van der Waals surface area contributed by atoms with E-state index in [1.165, 1.54) is 0 Å². The summed E-state index contributed by atoms with van der Waals surface area (Å²) in [5.41, 5.74) is -0.476. The number of aliphatic hydroxyl groups excluding tert-OH is 3. The first-order chi connectivity index (χ1) is 8.65. The Morgan fingerprint density at radius 2 is 1.61 bits per heavy atom. The van der Waals surface area contributed by atoms with Gasteiger partial charge in [0.15, 0.2) is 0 Å². The first-order valence-electron chi connectivity index (χ1n) is 5.58. The number of aliphatic hydroxyl groups is 3. The molecule has 6 nitrogen and oxygen atoms in total. The molecular formula is C12H18N2O4. The number of hydrogen-bond acceptors (Lipinski definition) is 4. The van der Waals surface area contributed by atoms with Crippen molar-refractivity contribution in [2.45, 2.75) is 12.1 Å². The Labute approximate surface area is 105 Å². The molecule has 1 aromatic rings. The zero-order valence-electron chi connectivity index (χ0n) is 9.97. The van der Waals surface area contributed by atoms with Crippen molar-refractivity contribution < 1.29 is 20.1 Å². The summed E-state index contributed by atoms with van der Waals surface area (Å²) in [7, 11) is 0. The van der Waals surface area contributed by atoms with Crippen molar-refractivity contribution in [1.82, 2.24) is 10.6 Å². The molecule has 0 aliphatic carbocycles. The molecule has 2 amide bonds. The Morgan fingerprint density at radius 3 is 2.11 bits per heavy atom. The summed E-state index contributed by atoms with van der Waals surface area (Å²) in [4.78, 5) is 11.6. The van der Waals surface area contributed by atoms with Crippen LogP contribution in [0.1, 0.15) is 5.56 Å². The fourth-order valence-corrected chi connectivity index (χ4v) is 1.33. The van der Waals surface area contributed by atoms with Crippen LogP contribution < -0.4 is 10.6 Å². The average molecular weight is 254 g/mol. The minimum Gasteiger partial charge on any atom is -0.394 e. The lowest BCUT2D eigenvalue weighted by Gasteiger charge is -2.28. The monoisotopic (exact) mass is 254 g/mol. The van der Waals surface area contributed by atoms with Crippen LogP contribution in [0.5, 0.6) is 0 Å². The zero-order valence-corrected chi connectivity index (χ0v) is 9.97. The molecule has 0 radical (unpaired) electrons. The van der Waals surface area contributed by atoms with Gasteiger partial charge in [-0.15, -0.1) is 0 Å². The van der Waals surface area contributed by atoms with Crippen LogP contribution in [0.2, 0.25) is 0 Å². The zero-order chi connectivity index (χ0) is 13.4. The highest BCUT2D eigenvalue weighted by atomic mass is 16.3. The number of carbonyl (C=O) groups excluding carboxylic acids is 1. The van der Waals surface area contributed by atoms with Gasteiger partial charge in [-0.25, -0.2) is 4.79 Å². The summed E-state index contributed by atoms with van der Waals surface area (Å²) in [6.07, 6.45) is 0. The molecular weight excluding hydrogens is 236 g/mol. The van der Waals surface area contributed by atoms with Crippen LogP contribution in [-0.2, 0) is 6.54 Å². The van der Waals surface area contributed by atoms with Crippen LogP contribution in [0.25, 0.3) is 0 Å². The number of benzene rings is 1. The Hall–Kier alpha value is -1.63. The van der Waals surface area contributed by atoms with Gasteiger partial charge in [0.1, 0.15) is 5.54 Å². The predicted octanol–water partition coefficient (Wildman–Crippen LogP) is -0.798. The minimum atomic E-state index is -1.40. The Bertz CT molecular complexity index is 357. The number of rotatable bonds is 6. The lowest BCUT2D eigenvalue weighted by molar-refractivity contribution is 0.0492. The number of carbonyl (C=O) groups is 1. The van der Waals surface area contributed by atoms with Crippen LogP contribution in [0, 0.1) is 0 Å². The summed E-state index contributed by atoms with van der Waals surface area (Å²) in [6, 6.07) is 8.74. The van der Waals surface area contributed by atoms with Gasteiger partial charge in [-0.2, -0.15) is 0 Å². The fourth-order valence-electron chi connectivity index (χ4n) is 1.33. The molecule has 5 N–H and O–H groups in total. The van der Waals surface area contributed by atoms with E-state index in [0.717, 1.165) is 5.56 Å². The Kier molecular flexibility index (Phi) is 5.57. The standard InChI is InChI=1S/C12H18N2O4/c15-7-12(8-16,9-17)14-11(18)13-6-10-4-2-1-3-5-10/h1-5,15-17H,6-9H2,(H2,13,14,18). The number of urea groups is 1. The van der Waals surface area contributed by atoms with Crippen molar-refractivity contribution in [3.8, 4) is 0 Å². The normalized spacial score (nSPS) is 11.1. The minimum absolute atomic E-state index is 0.324. The molecule has 1 aromatic carbocycles. The highest BCUT2D eigenvalue weighted by molar-refractivity contribution is 5.74. The van der Waals surface area contributed by atoms with E-state index in [4.69, 9.17) is 15.3 Å². The first kappa shape index (κ1) is 14.4. The second-order valence-corrected chi connectivity index (χ2v) is 4.05. The number of nitrogens with one attached hydrogen (secondary N) is 2. The molecule has 0 aromatic heterocycles. The highest BCUT2D eigenvalue weighted by Crippen LogP contribution is 2.02. The Balaban J connectivity index is 2.46. The van der Waals surface area contributed by atoms with E-state index in [9.17, 15) is 4.79 Å². The maximum absolute atomic E-state index is 11.6. The van der Waals surface area contributed by atoms with Crippen molar-refractivity contribution in [3.05, 3.63) is 35.9 Å². The van der Waals surface area contributed by atoms with Crippen molar-refractivity contribution in [3.63, 3.8) is 0 Å². The van der Waals surface area contributed by atoms with E-state index < -0.39 is 31.4 Å². The van der Waals surface area contributed by atoms with Gasteiger partial charge in [-0.1, -0.05) is 30.3 Å². The van der Waals surface area contributed by atoms with Crippen LogP contribution >= 0.6 is 0 Å². The number of amides is 2. The molecule has 0 aliphatic heterocycles. The van der Waals surface area contributed by atoms with Gasteiger partial charge in [-0.05, 0) is 5.56 Å². The van der Waals surface area contributed by atoms with E-state index in [2.05, 4.69) is 10.6 Å². The summed E-state index contributed by atoms with van der Waals surface area (Å²) >= 11 is 0. The molecule has 0 unspecified atom stereocenters. The second-order valence-electron chi connectivity index (χ2n) is 4.05. The van der Waals surface area contributed by atoms with E-state index in [1.54, 1.807) is 0 Å². The van der Waals surface area contributed by atoms with Gasteiger partial charge in [0, 0.05) is 6.54 Å². The molecule has 0 bridgehead atoms. The summed E-state index contributed by atoms with van der Waals surface area (Å²) < 4.78 is 0. The molecule has 0 fully saturated rings. The summed E-state index contributed by atoms with van der Waals surface area (Å²) in [6.45, 7) is -1.30. The molecule has 0 saturated heterocycles. The molecule has 18 heavy (non-hydrogen) atoms. The third-order valence-electron chi connectivity index (χ3n) is 2.58. The van der Waals surface area contributed by atoms with Crippen molar-refractivity contribution in [1.29, 1.82) is 0 Å². The van der Waals surface area contributed by atoms with Crippen LogP contribution in [0.15, 0.2) is 30.3 Å². The van der Waals surface area contributed by atoms with Crippen molar-refractivity contribution >= 4 is 6.03 Å². The van der Waals surface area contributed by atoms with Crippen molar-refractivity contribution in [2.75, 3.05) is 19.8 Å². The third-order valence-corrected chi connectivity index (χ3v) is 2.58. The first-order valence-corrected chi connectivity index (χ1v) is 5.58. The molecule has 6 heteroatoms. The lowest BCUT2D eigenvalue weighted by atomic mass is 10.0. The van der Waals surface area contributed by atoms with Gasteiger partial charge in [0.05, 0.1) is 19.8 Å². The molecule has 0 atom stereocenters. The van der Waals surface area contributed by atoms with Gasteiger partial charge in [0.25, 0.3) is 0 Å². The van der Waals surface area contributed by atoms with E-state index in [-0.39, 0.29) is 0 Å². The average Bonchev–Trinajstić information content (AvgIpc) is 2.44. The predicted molar refractivity (Wildman–Crippen MR) is 65.8 cm³/mol. The maximum Gasteiger partial charge on any atom is 0.315 e. The quantitative estimate of drug-likeness (QED) is 0.459. The molecule has 0 spiro atoms. The second kappa shape index (κ2) is 6.95. The smallest absolute Gasteiger partial charge is 0.315 e. The SMILES string of the molecule is O=C(NCc1ccccc1)NC(CO)(CO)CO. The van der Waals surface area contributed by atoms with E-state index in [0.29, 0.717) is 6.54 Å². The molecule has 100 valence electrons. The van der Waals surface area contributed by atoms with Gasteiger partial charge >= 0.3 is 6.03 Å². The largest absolute Gasteiger partial charge is 0.394 e. The van der Waals surface area contributed by atoms with Gasteiger partial charge in [-0.3, -0.25) is 0 Å². The topological polar surface area (TPSA) is 102 Å². The fraction of sp³-hybridized carbons (Fsp3) is 0.417.